The number of hydrogen-bond acceptors (Lipinski definition) is 5. The number of rotatable bonds is 6. The first-order chi connectivity index (χ1) is 10.2. The lowest BCUT2D eigenvalue weighted by atomic mass is 10.2. The summed E-state index contributed by atoms with van der Waals surface area (Å²) in [7, 11) is 0. The van der Waals surface area contributed by atoms with Crippen LogP contribution in [0, 0.1) is 0 Å². The van der Waals surface area contributed by atoms with Gasteiger partial charge in [0, 0.05) is 18.7 Å². The number of nitrogens with zero attached hydrogens (tertiary/aromatic N) is 3. The smallest absolute Gasteiger partial charge is 0.277 e. The molecular weight excluding hydrogens is 286 g/mol. The van der Waals surface area contributed by atoms with E-state index in [1.165, 1.54) is 11.8 Å². The Morgan fingerprint density at radius 2 is 1.90 bits per heavy atom. The minimum absolute atomic E-state index is 0.0875. The van der Waals surface area contributed by atoms with Crippen molar-refractivity contribution < 1.29 is 9.21 Å². The molecule has 0 radical (unpaired) electrons. The summed E-state index contributed by atoms with van der Waals surface area (Å²) in [6.45, 7) is 7.22. The van der Waals surface area contributed by atoms with E-state index in [4.69, 9.17) is 4.42 Å². The number of hydrogen-bond donors (Lipinski definition) is 0. The van der Waals surface area contributed by atoms with Crippen LogP contribution in [-0.4, -0.2) is 39.3 Å². The molecule has 1 atom stereocenters. The molecule has 0 aliphatic heterocycles. The number of carbonyl (C=O) groups is 1. The molecule has 21 heavy (non-hydrogen) atoms. The van der Waals surface area contributed by atoms with Crippen molar-refractivity contribution in [3.8, 4) is 11.5 Å². The van der Waals surface area contributed by atoms with Gasteiger partial charge in [0.1, 0.15) is 0 Å². The molecule has 0 aliphatic rings. The summed E-state index contributed by atoms with van der Waals surface area (Å²) in [6.07, 6.45) is 0. The van der Waals surface area contributed by atoms with Crippen molar-refractivity contribution in [2.75, 3.05) is 13.1 Å². The number of thioether (sulfide) groups is 1. The maximum atomic E-state index is 12.2. The standard InChI is InChI=1S/C15H19N3O2S/c1-4-18(5-2)14(19)11(3)21-15-17-16-13(20-15)12-9-7-6-8-10-12/h6-11H,4-5H2,1-3H3. The molecule has 5 nitrogen and oxygen atoms in total. The van der Waals surface area contributed by atoms with Gasteiger partial charge in [-0.25, -0.2) is 0 Å². The predicted octanol–water partition coefficient (Wildman–Crippen LogP) is 3.09. The molecule has 0 fully saturated rings. The average Bonchev–Trinajstić information content (AvgIpc) is 2.97. The lowest BCUT2D eigenvalue weighted by molar-refractivity contribution is -0.129. The molecule has 0 bridgehead atoms. The van der Waals surface area contributed by atoms with Gasteiger partial charge in [-0.15, -0.1) is 10.2 Å². The van der Waals surface area contributed by atoms with Gasteiger partial charge in [-0.1, -0.05) is 30.0 Å². The van der Waals surface area contributed by atoms with Gasteiger partial charge in [-0.2, -0.15) is 0 Å². The summed E-state index contributed by atoms with van der Waals surface area (Å²) >= 11 is 1.29. The van der Waals surface area contributed by atoms with E-state index in [1.807, 2.05) is 51.1 Å². The van der Waals surface area contributed by atoms with E-state index in [-0.39, 0.29) is 11.2 Å². The van der Waals surface area contributed by atoms with Gasteiger partial charge in [0.2, 0.25) is 11.8 Å². The Balaban J connectivity index is 2.04. The van der Waals surface area contributed by atoms with E-state index in [9.17, 15) is 4.79 Å². The number of benzene rings is 1. The Bertz CT molecular complexity index is 582. The van der Waals surface area contributed by atoms with Crippen LogP contribution in [0.4, 0.5) is 0 Å². The number of aromatic nitrogens is 2. The van der Waals surface area contributed by atoms with Crippen LogP contribution in [0.3, 0.4) is 0 Å². The molecule has 1 unspecified atom stereocenters. The molecule has 6 heteroatoms. The van der Waals surface area contributed by atoms with E-state index in [0.29, 0.717) is 24.2 Å². The zero-order valence-corrected chi connectivity index (χ0v) is 13.3. The summed E-state index contributed by atoms with van der Waals surface area (Å²) in [6, 6.07) is 9.58. The van der Waals surface area contributed by atoms with Gasteiger partial charge in [-0.05, 0) is 32.9 Å². The predicted molar refractivity (Wildman–Crippen MR) is 83.0 cm³/mol. The van der Waals surface area contributed by atoms with E-state index in [0.717, 1.165) is 5.56 Å². The Morgan fingerprint density at radius 1 is 1.24 bits per heavy atom. The zero-order valence-electron chi connectivity index (χ0n) is 12.4. The maximum Gasteiger partial charge on any atom is 0.277 e. The molecule has 1 aromatic carbocycles. The molecule has 0 spiro atoms. The van der Waals surface area contributed by atoms with Crippen LogP contribution in [0.15, 0.2) is 40.0 Å². The van der Waals surface area contributed by atoms with Crippen molar-refractivity contribution in [1.29, 1.82) is 0 Å². The Hall–Kier alpha value is -1.82. The molecule has 1 amide bonds. The third-order valence-corrected chi connectivity index (χ3v) is 4.05. The summed E-state index contributed by atoms with van der Waals surface area (Å²) in [4.78, 5) is 14.0. The van der Waals surface area contributed by atoms with Crippen LogP contribution in [-0.2, 0) is 4.79 Å². The molecule has 2 rings (SSSR count). The Kier molecular flexibility index (Phi) is 5.38. The Labute approximate surface area is 128 Å². The van der Waals surface area contributed by atoms with Crippen LogP contribution in [0.5, 0.6) is 0 Å². The minimum Gasteiger partial charge on any atom is -0.411 e. The van der Waals surface area contributed by atoms with Crippen LogP contribution in [0.1, 0.15) is 20.8 Å². The SMILES string of the molecule is CCN(CC)C(=O)C(C)Sc1nnc(-c2ccccc2)o1. The van der Waals surface area contributed by atoms with Gasteiger partial charge < -0.3 is 9.32 Å². The lowest BCUT2D eigenvalue weighted by Gasteiger charge is -2.21. The zero-order chi connectivity index (χ0) is 15.2. The molecule has 112 valence electrons. The third-order valence-electron chi connectivity index (χ3n) is 3.13. The molecular formula is C15H19N3O2S. The fourth-order valence-electron chi connectivity index (χ4n) is 1.95. The molecule has 0 aliphatic carbocycles. The normalized spacial score (nSPS) is 12.1. The van der Waals surface area contributed by atoms with E-state index >= 15 is 0 Å². The van der Waals surface area contributed by atoms with Gasteiger partial charge in [0.05, 0.1) is 5.25 Å². The second-order valence-electron chi connectivity index (χ2n) is 4.51. The molecule has 1 aromatic heterocycles. The second-order valence-corrected chi connectivity index (χ2v) is 5.80. The highest BCUT2D eigenvalue weighted by Crippen LogP contribution is 2.26. The van der Waals surface area contributed by atoms with Crippen LogP contribution in [0.25, 0.3) is 11.5 Å². The second kappa shape index (κ2) is 7.26. The van der Waals surface area contributed by atoms with Crippen molar-refractivity contribution in [2.24, 2.45) is 0 Å². The van der Waals surface area contributed by atoms with Gasteiger partial charge in [0.15, 0.2) is 0 Å². The van der Waals surface area contributed by atoms with Crippen LogP contribution >= 0.6 is 11.8 Å². The van der Waals surface area contributed by atoms with Crippen LogP contribution < -0.4 is 0 Å². The topological polar surface area (TPSA) is 59.2 Å². The first-order valence-corrected chi connectivity index (χ1v) is 7.88. The van der Waals surface area contributed by atoms with Gasteiger partial charge in [-0.3, -0.25) is 4.79 Å². The Morgan fingerprint density at radius 3 is 2.52 bits per heavy atom. The maximum absolute atomic E-state index is 12.2. The highest BCUT2D eigenvalue weighted by molar-refractivity contribution is 8.00. The van der Waals surface area contributed by atoms with Crippen molar-refractivity contribution in [3.63, 3.8) is 0 Å². The minimum atomic E-state index is -0.242. The van der Waals surface area contributed by atoms with E-state index < -0.39 is 0 Å². The third kappa shape index (κ3) is 3.85. The number of carbonyl (C=O) groups excluding carboxylic acids is 1. The summed E-state index contributed by atoms with van der Waals surface area (Å²) in [5.74, 6) is 0.560. The van der Waals surface area contributed by atoms with Crippen molar-refractivity contribution in [1.82, 2.24) is 15.1 Å². The van der Waals surface area contributed by atoms with Crippen molar-refractivity contribution in [2.45, 2.75) is 31.2 Å². The average molecular weight is 305 g/mol. The summed E-state index contributed by atoms with van der Waals surface area (Å²) < 4.78 is 5.61. The summed E-state index contributed by atoms with van der Waals surface area (Å²) in [5, 5.41) is 8.20. The van der Waals surface area contributed by atoms with Crippen LogP contribution in [0.2, 0.25) is 0 Å². The molecule has 2 aromatic rings. The molecule has 0 saturated heterocycles. The van der Waals surface area contributed by atoms with Gasteiger partial charge in [0.25, 0.3) is 5.22 Å². The first kappa shape index (κ1) is 15.6. The van der Waals surface area contributed by atoms with Crippen molar-refractivity contribution >= 4 is 17.7 Å². The van der Waals surface area contributed by atoms with Gasteiger partial charge >= 0.3 is 0 Å². The highest BCUT2D eigenvalue weighted by Gasteiger charge is 2.22. The fraction of sp³-hybridized carbons (Fsp3) is 0.400. The first-order valence-electron chi connectivity index (χ1n) is 7.00. The van der Waals surface area contributed by atoms with E-state index in [1.54, 1.807) is 4.90 Å². The molecule has 0 N–H and O–H groups in total. The lowest BCUT2D eigenvalue weighted by Crippen LogP contribution is -2.36. The highest BCUT2D eigenvalue weighted by atomic mass is 32.2. The number of amides is 1. The van der Waals surface area contributed by atoms with Crippen molar-refractivity contribution in [3.05, 3.63) is 30.3 Å². The monoisotopic (exact) mass is 305 g/mol. The van der Waals surface area contributed by atoms with E-state index in [2.05, 4.69) is 10.2 Å². The quantitative estimate of drug-likeness (QED) is 0.768. The fourth-order valence-corrected chi connectivity index (χ4v) is 2.72. The summed E-state index contributed by atoms with van der Waals surface area (Å²) in [5.41, 5.74) is 0.875. The molecule has 1 heterocycles. The largest absolute Gasteiger partial charge is 0.411 e. The molecule has 0 saturated carbocycles.